The van der Waals surface area contributed by atoms with Crippen molar-refractivity contribution in [3.05, 3.63) is 76.9 Å². The van der Waals surface area contributed by atoms with Crippen molar-refractivity contribution in [3.63, 3.8) is 0 Å². The summed E-state index contributed by atoms with van der Waals surface area (Å²) in [5, 5.41) is 5.47. The molecule has 1 aromatic carbocycles. The number of benzene rings is 1. The molecule has 0 aliphatic heterocycles. The van der Waals surface area contributed by atoms with Crippen LogP contribution in [0.1, 0.15) is 10.4 Å². The van der Waals surface area contributed by atoms with Crippen LogP contribution in [0.2, 0.25) is 0 Å². The summed E-state index contributed by atoms with van der Waals surface area (Å²) < 4.78 is 2.16. The summed E-state index contributed by atoms with van der Waals surface area (Å²) in [6.07, 6.45) is 3.72. The predicted molar refractivity (Wildman–Crippen MR) is 94.7 cm³/mol. The number of aromatic nitrogens is 3. The summed E-state index contributed by atoms with van der Waals surface area (Å²) in [6, 6.07) is 16.6. The van der Waals surface area contributed by atoms with Gasteiger partial charge in [-0.05, 0) is 23.1 Å². The van der Waals surface area contributed by atoms with E-state index in [0.29, 0.717) is 0 Å². The van der Waals surface area contributed by atoms with Crippen LogP contribution in [0.25, 0.3) is 11.0 Å². The summed E-state index contributed by atoms with van der Waals surface area (Å²) in [5.41, 5.74) is 3.27. The average Bonchev–Trinajstić information content (AvgIpc) is 3.24. The Morgan fingerprint density at radius 2 is 1.91 bits per heavy atom. The molecule has 0 aliphatic carbocycles. The van der Waals surface area contributed by atoms with Gasteiger partial charge >= 0.3 is 0 Å². The Labute approximate surface area is 138 Å². The van der Waals surface area contributed by atoms with E-state index in [4.69, 9.17) is 0 Å². The Kier molecular flexibility index (Phi) is 3.78. The molecule has 23 heavy (non-hydrogen) atoms. The molecule has 5 heteroatoms. The van der Waals surface area contributed by atoms with Crippen LogP contribution < -0.4 is 5.32 Å². The number of nitrogens with zero attached hydrogens (tertiary/aromatic N) is 3. The lowest BCUT2D eigenvalue weighted by atomic mass is 10.2. The van der Waals surface area contributed by atoms with Crippen LogP contribution in [-0.4, -0.2) is 14.5 Å². The predicted octanol–water partition coefficient (Wildman–Crippen LogP) is 4.15. The van der Waals surface area contributed by atoms with Gasteiger partial charge in [0.05, 0.1) is 18.4 Å². The fourth-order valence-electron chi connectivity index (χ4n) is 2.61. The van der Waals surface area contributed by atoms with E-state index in [2.05, 4.69) is 61.6 Å². The minimum atomic E-state index is 0.773. The molecule has 3 aromatic heterocycles. The Hall–Kier alpha value is -2.66. The summed E-state index contributed by atoms with van der Waals surface area (Å²) in [7, 11) is 0. The molecular formula is C18H16N4S. The Morgan fingerprint density at radius 3 is 2.74 bits per heavy atom. The van der Waals surface area contributed by atoms with Crippen molar-refractivity contribution < 1.29 is 0 Å². The molecule has 0 saturated heterocycles. The van der Waals surface area contributed by atoms with Crippen molar-refractivity contribution in [1.82, 2.24) is 14.5 Å². The van der Waals surface area contributed by atoms with Gasteiger partial charge in [-0.25, -0.2) is 9.97 Å². The van der Waals surface area contributed by atoms with Gasteiger partial charge in [0.25, 0.3) is 0 Å². The second kappa shape index (κ2) is 6.22. The maximum Gasteiger partial charge on any atom is 0.154 e. The maximum atomic E-state index is 4.56. The molecule has 4 nitrogen and oxygen atoms in total. The van der Waals surface area contributed by atoms with Gasteiger partial charge in [0.15, 0.2) is 5.82 Å². The van der Waals surface area contributed by atoms with Crippen molar-refractivity contribution >= 4 is 28.2 Å². The van der Waals surface area contributed by atoms with Gasteiger partial charge in [-0.2, -0.15) is 0 Å². The van der Waals surface area contributed by atoms with Crippen LogP contribution in [0, 0.1) is 0 Å². The van der Waals surface area contributed by atoms with Crippen LogP contribution in [-0.2, 0) is 13.1 Å². The molecule has 4 aromatic rings. The first-order valence-corrected chi connectivity index (χ1v) is 8.38. The summed E-state index contributed by atoms with van der Waals surface area (Å²) in [6.45, 7) is 1.58. The van der Waals surface area contributed by atoms with Crippen molar-refractivity contribution in [3.8, 4) is 0 Å². The normalized spacial score (nSPS) is 11.0. The van der Waals surface area contributed by atoms with E-state index >= 15 is 0 Å². The van der Waals surface area contributed by atoms with Gasteiger partial charge in [-0.3, -0.25) is 0 Å². The van der Waals surface area contributed by atoms with Gasteiger partial charge < -0.3 is 9.88 Å². The fraction of sp³-hybridized carbons (Fsp3) is 0.111. The molecule has 4 rings (SSSR count). The van der Waals surface area contributed by atoms with Gasteiger partial charge in [0, 0.05) is 17.6 Å². The highest BCUT2D eigenvalue weighted by molar-refractivity contribution is 7.09. The zero-order valence-electron chi connectivity index (χ0n) is 12.5. The number of pyridine rings is 1. The number of hydrogen-bond donors (Lipinski definition) is 1. The van der Waals surface area contributed by atoms with Crippen molar-refractivity contribution in [1.29, 1.82) is 0 Å². The van der Waals surface area contributed by atoms with Gasteiger partial charge in [0.2, 0.25) is 0 Å². The monoisotopic (exact) mass is 320 g/mol. The van der Waals surface area contributed by atoms with E-state index in [1.807, 2.05) is 24.7 Å². The Morgan fingerprint density at radius 1 is 1.00 bits per heavy atom. The van der Waals surface area contributed by atoms with E-state index < -0.39 is 0 Å². The molecule has 0 unspecified atom stereocenters. The first-order chi connectivity index (χ1) is 11.4. The quantitative estimate of drug-likeness (QED) is 0.600. The maximum absolute atomic E-state index is 4.56. The molecule has 0 saturated carbocycles. The number of hydrogen-bond acceptors (Lipinski definition) is 4. The van der Waals surface area contributed by atoms with Crippen molar-refractivity contribution in [2.24, 2.45) is 0 Å². The molecule has 0 atom stereocenters. The minimum absolute atomic E-state index is 0.773. The summed E-state index contributed by atoms with van der Waals surface area (Å²) in [4.78, 5) is 10.3. The van der Waals surface area contributed by atoms with E-state index in [1.165, 1.54) is 10.4 Å². The molecule has 114 valence electrons. The zero-order valence-corrected chi connectivity index (χ0v) is 13.3. The lowest BCUT2D eigenvalue weighted by molar-refractivity contribution is 0.824. The Balaban J connectivity index is 1.61. The molecule has 0 bridgehead atoms. The van der Waals surface area contributed by atoms with Crippen molar-refractivity contribution in [2.45, 2.75) is 13.1 Å². The molecule has 0 spiro atoms. The number of rotatable bonds is 5. The van der Waals surface area contributed by atoms with Gasteiger partial charge in [-0.1, -0.05) is 36.4 Å². The van der Waals surface area contributed by atoms with Crippen molar-refractivity contribution in [2.75, 3.05) is 5.32 Å². The second-order valence-electron chi connectivity index (χ2n) is 5.32. The van der Waals surface area contributed by atoms with Crippen LogP contribution >= 0.6 is 11.3 Å². The molecule has 0 radical (unpaired) electrons. The third-order valence-electron chi connectivity index (χ3n) is 3.74. The van der Waals surface area contributed by atoms with E-state index in [1.54, 1.807) is 11.3 Å². The summed E-state index contributed by atoms with van der Waals surface area (Å²) in [5.74, 6) is 0.836. The smallest absolute Gasteiger partial charge is 0.154 e. The van der Waals surface area contributed by atoms with E-state index in [-0.39, 0.29) is 0 Å². The summed E-state index contributed by atoms with van der Waals surface area (Å²) >= 11 is 1.74. The minimum Gasteiger partial charge on any atom is -0.363 e. The average molecular weight is 320 g/mol. The number of imidazole rings is 1. The fourth-order valence-corrected chi connectivity index (χ4v) is 3.26. The zero-order chi connectivity index (χ0) is 15.5. The number of anilines is 1. The van der Waals surface area contributed by atoms with Crippen LogP contribution in [0.15, 0.2) is 66.4 Å². The standard InChI is InChI=1S/C18H16N4S/c1-2-5-14(6-3-1)12-22-13-21-17-16(22)8-9-19-18(17)20-11-15-7-4-10-23-15/h1-10,13H,11-12H2,(H,19,20). The lowest BCUT2D eigenvalue weighted by Crippen LogP contribution is -2.01. The molecule has 0 amide bonds. The van der Waals surface area contributed by atoms with Gasteiger partial charge in [0.1, 0.15) is 5.52 Å². The number of thiophene rings is 1. The highest BCUT2D eigenvalue weighted by Crippen LogP contribution is 2.21. The third-order valence-corrected chi connectivity index (χ3v) is 4.62. The number of nitrogens with one attached hydrogen (secondary N) is 1. The van der Waals surface area contributed by atoms with Gasteiger partial charge in [-0.15, -0.1) is 11.3 Å². The van der Waals surface area contributed by atoms with Crippen LogP contribution in [0.5, 0.6) is 0 Å². The second-order valence-corrected chi connectivity index (χ2v) is 6.35. The first kappa shape index (κ1) is 14.0. The molecule has 1 N–H and O–H groups in total. The van der Waals surface area contributed by atoms with Crippen LogP contribution in [0.3, 0.4) is 0 Å². The van der Waals surface area contributed by atoms with E-state index in [0.717, 1.165) is 29.9 Å². The molecule has 3 heterocycles. The topological polar surface area (TPSA) is 42.7 Å². The van der Waals surface area contributed by atoms with Crippen LogP contribution in [0.4, 0.5) is 5.82 Å². The lowest BCUT2D eigenvalue weighted by Gasteiger charge is -2.07. The third kappa shape index (κ3) is 2.96. The highest BCUT2D eigenvalue weighted by atomic mass is 32.1. The molecular weight excluding hydrogens is 304 g/mol. The largest absolute Gasteiger partial charge is 0.363 e. The first-order valence-electron chi connectivity index (χ1n) is 7.50. The number of fused-ring (bicyclic) bond motifs is 1. The molecule has 0 fully saturated rings. The SMILES string of the molecule is c1ccc(Cn2cnc3c(NCc4cccs4)nccc32)cc1. The highest BCUT2D eigenvalue weighted by Gasteiger charge is 2.09. The molecule has 0 aliphatic rings. The van der Waals surface area contributed by atoms with E-state index in [9.17, 15) is 0 Å². The Bertz CT molecular complexity index is 897.